The predicted octanol–water partition coefficient (Wildman–Crippen LogP) is 3.41. The lowest BCUT2D eigenvalue weighted by atomic mass is 9.96. The fraction of sp³-hybridized carbons (Fsp3) is 0.444. The Hall–Kier alpha value is -2.08. The summed E-state index contributed by atoms with van der Waals surface area (Å²) in [7, 11) is 0. The monoisotopic (exact) mass is 365 g/mol. The van der Waals surface area contributed by atoms with Crippen LogP contribution in [0.25, 0.3) is 0 Å². The lowest BCUT2D eigenvalue weighted by molar-refractivity contribution is -0.138. The van der Waals surface area contributed by atoms with Crippen LogP contribution in [-0.2, 0) is 9.53 Å². The third-order valence-electron chi connectivity index (χ3n) is 4.39. The summed E-state index contributed by atoms with van der Waals surface area (Å²) in [4.78, 5) is 19.4. The molecular weight excluding hydrogens is 345 g/mol. The minimum absolute atomic E-state index is 0.242. The molecule has 0 bridgehead atoms. The summed E-state index contributed by atoms with van der Waals surface area (Å²) in [6.07, 6.45) is 2.21. The lowest BCUT2D eigenvalue weighted by Gasteiger charge is -2.30. The molecule has 7 heteroatoms. The molecule has 134 valence electrons. The zero-order valence-electron chi connectivity index (χ0n) is 14.3. The second-order valence-corrected chi connectivity index (χ2v) is 6.51. The van der Waals surface area contributed by atoms with Gasteiger partial charge in [0.15, 0.2) is 5.96 Å². The molecule has 1 aromatic rings. The van der Waals surface area contributed by atoms with Gasteiger partial charge in [-0.15, -0.1) is 0 Å². The molecule has 0 saturated carbocycles. The molecule has 25 heavy (non-hydrogen) atoms. The minimum Gasteiger partial charge on any atom is -0.463 e. The van der Waals surface area contributed by atoms with Crippen molar-refractivity contribution in [3.63, 3.8) is 0 Å². The Morgan fingerprint density at radius 1 is 1.44 bits per heavy atom. The molecular formula is C18H21ClFN3O2. The van der Waals surface area contributed by atoms with Gasteiger partial charge in [-0.1, -0.05) is 17.7 Å². The number of carbonyl (C=O) groups excluding carboxylic acids is 1. The number of hydrogen-bond donors (Lipinski definition) is 1. The van der Waals surface area contributed by atoms with Gasteiger partial charge >= 0.3 is 5.97 Å². The van der Waals surface area contributed by atoms with Gasteiger partial charge in [-0.3, -0.25) is 0 Å². The van der Waals surface area contributed by atoms with Crippen molar-refractivity contribution in [1.29, 1.82) is 0 Å². The van der Waals surface area contributed by atoms with Crippen molar-refractivity contribution in [1.82, 2.24) is 10.2 Å². The van der Waals surface area contributed by atoms with Crippen LogP contribution in [0.2, 0.25) is 5.02 Å². The Morgan fingerprint density at radius 3 is 2.80 bits per heavy atom. The first kappa shape index (κ1) is 17.7. The van der Waals surface area contributed by atoms with E-state index < -0.39 is 17.8 Å². The number of halogens is 2. The van der Waals surface area contributed by atoms with Crippen LogP contribution < -0.4 is 5.32 Å². The van der Waals surface area contributed by atoms with E-state index >= 15 is 0 Å². The molecule has 1 N–H and O–H groups in total. The second kappa shape index (κ2) is 7.44. The van der Waals surface area contributed by atoms with Crippen molar-refractivity contribution in [2.75, 3.05) is 19.7 Å². The molecule has 1 saturated heterocycles. The lowest BCUT2D eigenvalue weighted by Crippen LogP contribution is -2.42. The number of ether oxygens (including phenoxy) is 1. The Labute approximate surface area is 151 Å². The number of likely N-dealkylation sites (tertiary alicyclic amines) is 1. The minimum atomic E-state index is -0.621. The van der Waals surface area contributed by atoms with Gasteiger partial charge in [-0.25, -0.2) is 14.2 Å². The fourth-order valence-electron chi connectivity index (χ4n) is 3.17. The van der Waals surface area contributed by atoms with Crippen molar-refractivity contribution in [3.05, 3.63) is 45.9 Å². The fourth-order valence-corrected chi connectivity index (χ4v) is 3.44. The quantitative estimate of drug-likeness (QED) is 0.834. The first-order chi connectivity index (χ1) is 12.0. The van der Waals surface area contributed by atoms with E-state index in [0.717, 1.165) is 25.9 Å². The molecule has 2 aliphatic heterocycles. The highest BCUT2D eigenvalue weighted by Gasteiger charge is 2.33. The number of aliphatic imine (C=N–C) groups is 1. The Kier molecular flexibility index (Phi) is 5.27. The van der Waals surface area contributed by atoms with Gasteiger partial charge in [0.05, 0.1) is 12.2 Å². The van der Waals surface area contributed by atoms with E-state index in [0.29, 0.717) is 22.8 Å². The van der Waals surface area contributed by atoms with E-state index in [-0.39, 0.29) is 11.6 Å². The predicted molar refractivity (Wildman–Crippen MR) is 94.9 cm³/mol. The maximum Gasteiger partial charge on any atom is 0.338 e. The van der Waals surface area contributed by atoms with Crippen LogP contribution in [-0.4, -0.2) is 36.5 Å². The highest BCUT2D eigenvalue weighted by Crippen LogP contribution is 2.36. The Bertz CT molecular complexity index is 742. The zero-order valence-corrected chi connectivity index (χ0v) is 15.1. The molecule has 1 aromatic carbocycles. The average Bonchev–Trinajstić information content (AvgIpc) is 3.08. The van der Waals surface area contributed by atoms with Gasteiger partial charge in [0, 0.05) is 29.4 Å². The highest BCUT2D eigenvalue weighted by atomic mass is 35.5. The maximum absolute atomic E-state index is 13.4. The number of allylic oxidation sites excluding steroid dienone is 1. The van der Waals surface area contributed by atoms with Crippen LogP contribution in [0.5, 0.6) is 0 Å². The number of esters is 1. The molecule has 0 aliphatic carbocycles. The van der Waals surface area contributed by atoms with Crippen LogP contribution in [0.1, 0.15) is 38.3 Å². The summed E-state index contributed by atoms with van der Waals surface area (Å²) >= 11 is 6.25. The number of hydrogen-bond acceptors (Lipinski definition) is 5. The van der Waals surface area contributed by atoms with Gasteiger partial charge in [-0.2, -0.15) is 0 Å². The molecule has 3 rings (SSSR count). The molecule has 0 amide bonds. The molecule has 0 aromatic heterocycles. The van der Waals surface area contributed by atoms with Crippen LogP contribution in [0.15, 0.2) is 34.5 Å². The van der Waals surface area contributed by atoms with Crippen LogP contribution >= 0.6 is 11.6 Å². The summed E-state index contributed by atoms with van der Waals surface area (Å²) in [5.41, 5.74) is 1.67. The highest BCUT2D eigenvalue weighted by molar-refractivity contribution is 6.31. The van der Waals surface area contributed by atoms with Gasteiger partial charge in [0.25, 0.3) is 0 Å². The molecule has 5 nitrogen and oxygen atoms in total. The van der Waals surface area contributed by atoms with E-state index in [1.54, 1.807) is 13.0 Å². The van der Waals surface area contributed by atoms with E-state index in [1.807, 2.05) is 6.92 Å². The number of rotatable bonds is 3. The van der Waals surface area contributed by atoms with Crippen molar-refractivity contribution < 1.29 is 13.9 Å². The zero-order chi connectivity index (χ0) is 18.0. The van der Waals surface area contributed by atoms with Crippen molar-refractivity contribution in [3.8, 4) is 0 Å². The maximum atomic E-state index is 13.4. The smallest absolute Gasteiger partial charge is 0.338 e. The molecule has 0 radical (unpaired) electrons. The summed E-state index contributed by atoms with van der Waals surface area (Å²) in [6.45, 7) is 5.67. The number of guanidine groups is 1. The van der Waals surface area contributed by atoms with Gasteiger partial charge in [0.2, 0.25) is 0 Å². The number of nitrogens with zero attached hydrogens (tertiary/aromatic N) is 2. The standard InChI is InChI=1S/C18H21ClFN3O2/c1-3-25-17(24)15-11(2)21-18(23-8-4-5-9-23)22-16(15)13-7-6-12(20)10-14(13)19/h6-7,10,16H,3-5,8-9H2,1-2H3,(H,21,22). The first-order valence-electron chi connectivity index (χ1n) is 8.44. The average molecular weight is 366 g/mol. The summed E-state index contributed by atoms with van der Waals surface area (Å²) < 4.78 is 18.6. The summed E-state index contributed by atoms with van der Waals surface area (Å²) in [5.74, 6) is -0.152. The van der Waals surface area contributed by atoms with Crippen LogP contribution in [0, 0.1) is 5.82 Å². The van der Waals surface area contributed by atoms with Crippen LogP contribution in [0.3, 0.4) is 0 Å². The molecule has 1 atom stereocenters. The van der Waals surface area contributed by atoms with E-state index in [1.165, 1.54) is 12.1 Å². The normalized spacial score (nSPS) is 20.4. The first-order valence-corrected chi connectivity index (χ1v) is 8.81. The molecule has 0 spiro atoms. The van der Waals surface area contributed by atoms with Crippen molar-refractivity contribution in [2.24, 2.45) is 4.99 Å². The third-order valence-corrected chi connectivity index (χ3v) is 4.71. The van der Waals surface area contributed by atoms with Gasteiger partial charge in [0.1, 0.15) is 11.9 Å². The van der Waals surface area contributed by atoms with E-state index in [9.17, 15) is 9.18 Å². The van der Waals surface area contributed by atoms with Crippen molar-refractivity contribution in [2.45, 2.75) is 32.7 Å². The van der Waals surface area contributed by atoms with Gasteiger partial charge < -0.3 is 15.0 Å². The number of carbonyl (C=O) groups is 1. The van der Waals surface area contributed by atoms with Crippen molar-refractivity contribution >= 4 is 23.5 Å². The third kappa shape index (κ3) is 3.63. The largest absolute Gasteiger partial charge is 0.463 e. The summed E-state index contributed by atoms with van der Waals surface area (Å²) in [5, 5.41) is 3.46. The Morgan fingerprint density at radius 2 is 2.16 bits per heavy atom. The van der Waals surface area contributed by atoms with Gasteiger partial charge in [-0.05, 0) is 38.8 Å². The number of benzene rings is 1. The van der Waals surface area contributed by atoms with Crippen LogP contribution in [0.4, 0.5) is 4.39 Å². The molecule has 1 fully saturated rings. The molecule has 2 heterocycles. The van der Waals surface area contributed by atoms with E-state index in [4.69, 9.17) is 21.3 Å². The SMILES string of the molecule is CCOC(=O)C1=C(C)NC(N2CCCC2)=NC1c1ccc(F)cc1Cl. The Balaban J connectivity index is 2.04. The molecule has 1 unspecified atom stereocenters. The summed E-state index contributed by atoms with van der Waals surface area (Å²) in [6, 6.07) is 3.52. The van der Waals surface area contributed by atoms with E-state index in [2.05, 4.69) is 10.2 Å². The number of nitrogens with one attached hydrogen (secondary N) is 1. The second-order valence-electron chi connectivity index (χ2n) is 6.10. The molecule has 2 aliphatic rings. The topological polar surface area (TPSA) is 53.9 Å².